The van der Waals surface area contributed by atoms with Gasteiger partial charge in [-0.05, 0) is 59.4 Å². The second kappa shape index (κ2) is 5.28. The fraction of sp³-hybridized carbons (Fsp3) is 1.00. The molecule has 3 nitrogen and oxygen atoms in total. The van der Waals surface area contributed by atoms with Crippen LogP contribution in [-0.4, -0.2) is 56.1 Å². The van der Waals surface area contributed by atoms with Gasteiger partial charge in [0.05, 0.1) is 0 Å². The molecule has 0 atom stereocenters. The van der Waals surface area contributed by atoms with Gasteiger partial charge in [-0.25, -0.2) is 0 Å². The zero-order chi connectivity index (χ0) is 11.5. The van der Waals surface area contributed by atoms with Gasteiger partial charge in [-0.3, -0.25) is 4.90 Å². The summed E-state index contributed by atoms with van der Waals surface area (Å²) in [7, 11) is 6.49. The van der Waals surface area contributed by atoms with Crippen LogP contribution in [0.5, 0.6) is 0 Å². The van der Waals surface area contributed by atoms with E-state index in [4.69, 9.17) is 5.73 Å². The summed E-state index contributed by atoms with van der Waals surface area (Å²) in [6.07, 6.45) is 3.80. The molecule has 0 aromatic carbocycles. The molecular weight excluding hydrogens is 186 g/mol. The summed E-state index contributed by atoms with van der Waals surface area (Å²) in [6.45, 7) is 5.47. The Hall–Kier alpha value is -0.120. The molecular formula is C12H27N3. The van der Waals surface area contributed by atoms with E-state index in [9.17, 15) is 0 Å². The SMILES string of the molecule is CC1CC(CN)(N(C)CCCN(C)C)C1. The van der Waals surface area contributed by atoms with Gasteiger partial charge in [-0.15, -0.1) is 0 Å². The summed E-state index contributed by atoms with van der Waals surface area (Å²) in [5.41, 5.74) is 6.24. The molecule has 1 fully saturated rings. The minimum atomic E-state index is 0.325. The Morgan fingerprint density at radius 1 is 1.20 bits per heavy atom. The Morgan fingerprint density at radius 2 is 1.80 bits per heavy atom. The first-order valence-electron chi connectivity index (χ1n) is 6.06. The maximum atomic E-state index is 5.91. The molecule has 1 rings (SSSR count). The number of nitrogens with two attached hydrogens (primary N) is 1. The van der Waals surface area contributed by atoms with Crippen molar-refractivity contribution in [2.45, 2.75) is 31.7 Å². The Labute approximate surface area is 94.6 Å². The van der Waals surface area contributed by atoms with Gasteiger partial charge in [0, 0.05) is 12.1 Å². The van der Waals surface area contributed by atoms with Gasteiger partial charge in [0.1, 0.15) is 0 Å². The first-order valence-corrected chi connectivity index (χ1v) is 6.06. The zero-order valence-electron chi connectivity index (χ0n) is 10.8. The maximum Gasteiger partial charge on any atom is 0.0333 e. The van der Waals surface area contributed by atoms with E-state index < -0.39 is 0 Å². The molecule has 1 aliphatic rings. The summed E-state index contributed by atoms with van der Waals surface area (Å²) in [6, 6.07) is 0. The topological polar surface area (TPSA) is 32.5 Å². The summed E-state index contributed by atoms with van der Waals surface area (Å²) in [5.74, 6) is 0.866. The molecule has 0 heterocycles. The first-order chi connectivity index (χ1) is 7.00. The monoisotopic (exact) mass is 213 g/mol. The molecule has 0 bridgehead atoms. The van der Waals surface area contributed by atoms with Gasteiger partial charge >= 0.3 is 0 Å². The molecule has 1 aliphatic carbocycles. The van der Waals surface area contributed by atoms with Crippen molar-refractivity contribution >= 4 is 0 Å². The molecule has 0 aliphatic heterocycles. The minimum Gasteiger partial charge on any atom is -0.329 e. The van der Waals surface area contributed by atoms with Gasteiger partial charge in [0.25, 0.3) is 0 Å². The highest BCUT2D eigenvalue weighted by Crippen LogP contribution is 2.40. The van der Waals surface area contributed by atoms with E-state index in [0.717, 1.165) is 12.5 Å². The van der Waals surface area contributed by atoms with Crippen LogP contribution in [0.4, 0.5) is 0 Å². The van der Waals surface area contributed by atoms with E-state index in [0.29, 0.717) is 5.54 Å². The lowest BCUT2D eigenvalue weighted by atomic mass is 9.68. The highest BCUT2D eigenvalue weighted by Gasteiger charge is 2.43. The van der Waals surface area contributed by atoms with Crippen molar-refractivity contribution in [1.29, 1.82) is 0 Å². The normalized spacial score (nSPS) is 31.0. The Kier molecular flexibility index (Phi) is 4.56. The molecule has 0 amide bonds. The minimum absolute atomic E-state index is 0.325. The summed E-state index contributed by atoms with van der Waals surface area (Å²) < 4.78 is 0. The van der Waals surface area contributed by atoms with E-state index in [2.05, 4.69) is 37.9 Å². The zero-order valence-corrected chi connectivity index (χ0v) is 10.8. The van der Waals surface area contributed by atoms with Gasteiger partial charge in [-0.2, -0.15) is 0 Å². The Balaban J connectivity index is 2.29. The number of hydrogen-bond donors (Lipinski definition) is 1. The van der Waals surface area contributed by atoms with Crippen molar-refractivity contribution in [1.82, 2.24) is 9.80 Å². The fourth-order valence-electron chi connectivity index (χ4n) is 2.73. The van der Waals surface area contributed by atoms with Gasteiger partial charge in [0.15, 0.2) is 0 Å². The third kappa shape index (κ3) is 3.16. The molecule has 90 valence electrons. The smallest absolute Gasteiger partial charge is 0.0333 e. The van der Waals surface area contributed by atoms with Crippen LogP contribution in [0.25, 0.3) is 0 Å². The van der Waals surface area contributed by atoms with Crippen LogP contribution in [0.3, 0.4) is 0 Å². The summed E-state index contributed by atoms with van der Waals surface area (Å²) >= 11 is 0. The quantitative estimate of drug-likeness (QED) is 0.714. The molecule has 0 radical (unpaired) electrons. The third-order valence-electron chi connectivity index (χ3n) is 3.75. The second-order valence-electron chi connectivity index (χ2n) is 5.52. The van der Waals surface area contributed by atoms with Crippen molar-refractivity contribution in [3.05, 3.63) is 0 Å². The van der Waals surface area contributed by atoms with Crippen molar-refractivity contribution in [3.63, 3.8) is 0 Å². The first kappa shape index (κ1) is 12.9. The van der Waals surface area contributed by atoms with Crippen molar-refractivity contribution in [2.24, 2.45) is 11.7 Å². The molecule has 0 spiro atoms. The molecule has 0 aromatic rings. The molecule has 2 N–H and O–H groups in total. The van der Waals surface area contributed by atoms with Crippen LogP contribution in [0.15, 0.2) is 0 Å². The number of rotatable bonds is 6. The van der Waals surface area contributed by atoms with Crippen molar-refractivity contribution in [2.75, 3.05) is 40.8 Å². The molecule has 1 saturated carbocycles. The average Bonchev–Trinajstić information content (AvgIpc) is 2.11. The highest BCUT2D eigenvalue weighted by molar-refractivity contribution is 5.01. The number of likely N-dealkylation sites (N-methyl/N-ethyl adjacent to an activating group) is 1. The Bertz CT molecular complexity index is 185. The van der Waals surface area contributed by atoms with Crippen molar-refractivity contribution in [3.8, 4) is 0 Å². The summed E-state index contributed by atoms with van der Waals surface area (Å²) in [4.78, 5) is 4.73. The van der Waals surface area contributed by atoms with Gasteiger partial charge in [0.2, 0.25) is 0 Å². The van der Waals surface area contributed by atoms with E-state index in [1.807, 2.05) is 0 Å². The van der Waals surface area contributed by atoms with Gasteiger partial charge in [-0.1, -0.05) is 6.92 Å². The lowest BCUT2D eigenvalue weighted by Gasteiger charge is -2.52. The lowest BCUT2D eigenvalue weighted by molar-refractivity contribution is 0.00434. The third-order valence-corrected chi connectivity index (χ3v) is 3.75. The molecule has 15 heavy (non-hydrogen) atoms. The molecule has 0 aromatic heterocycles. The van der Waals surface area contributed by atoms with Crippen LogP contribution in [0.2, 0.25) is 0 Å². The van der Waals surface area contributed by atoms with Gasteiger partial charge < -0.3 is 10.6 Å². The van der Waals surface area contributed by atoms with Crippen LogP contribution < -0.4 is 5.73 Å². The average molecular weight is 213 g/mol. The van der Waals surface area contributed by atoms with E-state index in [-0.39, 0.29) is 0 Å². The lowest BCUT2D eigenvalue weighted by Crippen LogP contribution is -2.60. The maximum absolute atomic E-state index is 5.91. The fourth-order valence-corrected chi connectivity index (χ4v) is 2.73. The second-order valence-corrected chi connectivity index (χ2v) is 5.52. The van der Waals surface area contributed by atoms with Crippen molar-refractivity contribution < 1.29 is 0 Å². The predicted molar refractivity (Wildman–Crippen MR) is 66.0 cm³/mol. The number of nitrogens with zero attached hydrogens (tertiary/aromatic N) is 2. The molecule has 0 saturated heterocycles. The summed E-state index contributed by atoms with van der Waals surface area (Å²) in [5, 5.41) is 0. The highest BCUT2D eigenvalue weighted by atomic mass is 15.2. The van der Waals surface area contributed by atoms with E-state index in [1.54, 1.807) is 0 Å². The van der Waals surface area contributed by atoms with Crippen LogP contribution in [0.1, 0.15) is 26.2 Å². The molecule has 3 heteroatoms. The molecule has 0 unspecified atom stereocenters. The number of hydrogen-bond acceptors (Lipinski definition) is 3. The van der Waals surface area contributed by atoms with Crippen LogP contribution in [-0.2, 0) is 0 Å². The predicted octanol–water partition coefficient (Wildman–Crippen LogP) is 0.997. The van der Waals surface area contributed by atoms with E-state index >= 15 is 0 Å². The van der Waals surface area contributed by atoms with Crippen LogP contribution >= 0.6 is 0 Å². The standard InChI is InChI=1S/C12H27N3/c1-11-8-12(9-11,10-13)15(4)7-5-6-14(2)3/h11H,5-10,13H2,1-4H3. The Morgan fingerprint density at radius 3 is 2.20 bits per heavy atom. The largest absolute Gasteiger partial charge is 0.329 e. The van der Waals surface area contributed by atoms with Crippen LogP contribution in [0, 0.1) is 5.92 Å². The van der Waals surface area contributed by atoms with E-state index in [1.165, 1.54) is 32.4 Å².